The molecule has 84 valence electrons. The summed E-state index contributed by atoms with van der Waals surface area (Å²) in [7, 11) is 1.64. The van der Waals surface area contributed by atoms with Crippen LogP contribution in [0, 0.1) is 0 Å². The summed E-state index contributed by atoms with van der Waals surface area (Å²) in [6.07, 6.45) is 2.44. The molecule has 0 heterocycles. The normalized spacial score (nSPS) is 14.7. The highest BCUT2D eigenvalue weighted by Crippen LogP contribution is 2.35. The van der Waals surface area contributed by atoms with E-state index in [4.69, 9.17) is 4.74 Å². The molecule has 1 atom stereocenters. The maximum absolute atomic E-state index is 10.5. The molecule has 0 aromatic heterocycles. The summed E-state index contributed by atoms with van der Waals surface area (Å²) in [4.78, 5) is 0. The smallest absolute Gasteiger partial charge is 0.124 e. The quantitative estimate of drug-likeness (QED) is 0.805. The zero-order valence-corrected chi connectivity index (χ0v) is 9.79. The molecule has 1 rings (SSSR count). The number of para-hydroxylation sites is 1. The highest BCUT2D eigenvalue weighted by molar-refractivity contribution is 5.37. The van der Waals surface area contributed by atoms with Crippen molar-refractivity contribution < 1.29 is 9.84 Å². The van der Waals surface area contributed by atoms with E-state index in [9.17, 15) is 5.11 Å². The summed E-state index contributed by atoms with van der Waals surface area (Å²) in [5.41, 5.74) is 0.151. The van der Waals surface area contributed by atoms with Crippen molar-refractivity contribution in [2.24, 2.45) is 0 Å². The van der Waals surface area contributed by atoms with Crippen molar-refractivity contribution in [3.8, 4) is 5.75 Å². The van der Waals surface area contributed by atoms with Crippen LogP contribution in [0.15, 0.2) is 24.3 Å². The summed E-state index contributed by atoms with van der Waals surface area (Å²) in [6.45, 7) is 4.08. The summed E-state index contributed by atoms with van der Waals surface area (Å²) in [5.74, 6) is 0.773. The number of ether oxygens (including phenoxy) is 1. The van der Waals surface area contributed by atoms with Gasteiger partial charge in [0.05, 0.1) is 12.7 Å². The maximum atomic E-state index is 10.5. The molecule has 0 aliphatic heterocycles. The summed E-state index contributed by atoms with van der Waals surface area (Å²) in [5, 5.41) is 10.5. The summed E-state index contributed by atoms with van der Waals surface area (Å²) >= 11 is 0. The average molecular weight is 208 g/mol. The molecule has 2 heteroatoms. The Balaban J connectivity index is 3.10. The first kappa shape index (κ1) is 12.1. The van der Waals surface area contributed by atoms with E-state index >= 15 is 0 Å². The van der Waals surface area contributed by atoms with Gasteiger partial charge in [-0.3, -0.25) is 0 Å². The molecule has 0 spiro atoms. The first-order chi connectivity index (χ1) is 7.18. The highest BCUT2D eigenvalue weighted by atomic mass is 16.5. The molecule has 0 amide bonds. The second-order valence-electron chi connectivity index (χ2n) is 3.84. The van der Waals surface area contributed by atoms with Gasteiger partial charge in [0.1, 0.15) is 5.75 Å². The van der Waals surface area contributed by atoms with Crippen LogP contribution in [0.3, 0.4) is 0 Å². The van der Waals surface area contributed by atoms with Gasteiger partial charge in [0.25, 0.3) is 0 Å². The number of benzene rings is 1. The second kappa shape index (κ2) is 5.17. The molecular formula is C13H20O2. The van der Waals surface area contributed by atoms with Crippen molar-refractivity contribution in [1.82, 2.24) is 0 Å². The van der Waals surface area contributed by atoms with E-state index in [-0.39, 0.29) is 0 Å². The maximum Gasteiger partial charge on any atom is 0.124 e. The van der Waals surface area contributed by atoms with Crippen LogP contribution in [0.1, 0.15) is 38.7 Å². The van der Waals surface area contributed by atoms with Gasteiger partial charge in [-0.2, -0.15) is 0 Å². The van der Waals surface area contributed by atoms with Crippen LogP contribution in [-0.4, -0.2) is 12.2 Å². The molecule has 0 saturated carbocycles. The van der Waals surface area contributed by atoms with E-state index in [1.165, 1.54) is 0 Å². The Morgan fingerprint density at radius 2 is 1.93 bits per heavy atom. The van der Waals surface area contributed by atoms with Gasteiger partial charge in [0, 0.05) is 5.56 Å². The number of rotatable bonds is 5. The summed E-state index contributed by atoms with van der Waals surface area (Å²) < 4.78 is 5.28. The van der Waals surface area contributed by atoms with E-state index < -0.39 is 5.60 Å². The van der Waals surface area contributed by atoms with Crippen molar-refractivity contribution in [3.63, 3.8) is 0 Å². The van der Waals surface area contributed by atoms with E-state index in [0.717, 1.165) is 24.2 Å². The first-order valence-corrected chi connectivity index (χ1v) is 5.53. The van der Waals surface area contributed by atoms with Gasteiger partial charge < -0.3 is 9.84 Å². The minimum Gasteiger partial charge on any atom is -0.496 e. The molecule has 0 radical (unpaired) electrons. The number of methoxy groups -OCH3 is 1. The first-order valence-electron chi connectivity index (χ1n) is 5.53. The van der Waals surface area contributed by atoms with Crippen LogP contribution in [0.4, 0.5) is 0 Å². The lowest BCUT2D eigenvalue weighted by Crippen LogP contribution is -2.25. The van der Waals surface area contributed by atoms with Crippen LogP contribution in [0.5, 0.6) is 5.75 Å². The number of hydrogen-bond acceptors (Lipinski definition) is 2. The fraction of sp³-hybridized carbons (Fsp3) is 0.538. The van der Waals surface area contributed by atoms with Gasteiger partial charge in [0.15, 0.2) is 0 Å². The van der Waals surface area contributed by atoms with Gasteiger partial charge >= 0.3 is 0 Å². The van der Waals surface area contributed by atoms with Crippen LogP contribution in [-0.2, 0) is 5.60 Å². The zero-order valence-electron chi connectivity index (χ0n) is 9.79. The highest BCUT2D eigenvalue weighted by Gasteiger charge is 2.28. The standard InChI is InChI=1S/C13H20O2/c1-4-10-13(14,5-2)11-8-6-7-9-12(11)15-3/h6-9,14H,4-5,10H2,1-3H3. The van der Waals surface area contributed by atoms with Gasteiger partial charge in [-0.15, -0.1) is 0 Å². The molecule has 0 aliphatic carbocycles. The third-order valence-corrected chi connectivity index (χ3v) is 2.86. The minimum absolute atomic E-state index is 0.710. The monoisotopic (exact) mass is 208 g/mol. The third-order valence-electron chi connectivity index (χ3n) is 2.86. The zero-order chi connectivity index (χ0) is 11.3. The molecule has 1 aromatic rings. The predicted molar refractivity (Wildman–Crippen MR) is 62.1 cm³/mol. The molecule has 0 bridgehead atoms. The van der Waals surface area contributed by atoms with Gasteiger partial charge in [0.2, 0.25) is 0 Å². The second-order valence-corrected chi connectivity index (χ2v) is 3.84. The molecule has 1 aromatic carbocycles. The molecule has 0 fully saturated rings. The predicted octanol–water partition coefficient (Wildman–Crippen LogP) is 3.09. The Hall–Kier alpha value is -1.02. The van der Waals surface area contributed by atoms with Crippen LogP contribution < -0.4 is 4.74 Å². The average Bonchev–Trinajstić information content (AvgIpc) is 2.29. The van der Waals surface area contributed by atoms with Crippen molar-refractivity contribution in [2.75, 3.05) is 7.11 Å². The summed E-state index contributed by atoms with van der Waals surface area (Å²) in [6, 6.07) is 7.70. The van der Waals surface area contributed by atoms with Crippen molar-refractivity contribution >= 4 is 0 Å². The number of hydrogen-bond donors (Lipinski definition) is 1. The fourth-order valence-electron chi connectivity index (χ4n) is 1.94. The lowest BCUT2D eigenvalue weighted by atomic mass is 9.86. The minimum atomic E-state index is -0.749. The Morgan fingerprint density at radius 3 is 2.47 bits per heavy atom. The van der Waals surface area contributed by atoms with E-state index in [2.05, 4.69) is 6.92 Å². The molecule has 15 heavy (non-hydrogen) atoms. The molecule has 1 N–H and O–H groups in total. The van der Waals surface area contributed by atoms with E-state index in [1.54, 1.807) is 7.11 Å². The Morgan fingerprint density at radius 1 is 1.27 bits per heavy atom. The number of aliphatic hydroxyl groups is 1. The van der Waals surface area contributed by atoms with Gasteiger partial charge in [-0.05, 0) is 18.9 Å². The fourth-order valence-corrected chi connectivity index (χ4v) is 1.94. The molecule has 0 aliphatic rings. The molecule has 0 saturated heterocycles. The van der Waals surface area contributed by atoms with E-state index in [1.807, 2.05) is 31.2 Å². The van der Waals surface area contributed by atoms with Crippen LogP contribution in [0.2, 0.25) is 0 Å². The lowest BCUT2D eigenvalue weighted by Gasteiger charge is -2.28. The van der Waals surface area contributed by atoms with Crippen molar-refractivity contribution in [1.29, 1.82) is 0 Å². The molecular weight excluding hydrogens is 188 g/mol. The third kappa shape index (κ3) is 2.51. The SMILES string of the molecule is CCCC(O)(CC)c1ccccc1OC. The van der Waals surface area contributed by atoms with Gasteiger partial charge in [-0.1, -0.05) is 38.5 Å². The molecule has 1 unspecified atom stereocenters. The Bertz CT molecular complexity index is 309. The largest absolute Gasteiger partial charge is 0.496 e. The Kier molecular flexibility index (Phi) is 4.15. The molecule has 2 nitrogen and oxygen atoms in total. The topological polar surface area (TPSA) is 29.5 Å². The Labute approximate surface area is 91.9 Å². The van der Waals surface area contributed by atoms with Crippen molar-refractivity contribution in [3.05, 3.63) is 29.8 Å². The van der Waals surface area contributed by atoms with Crippen LogP contribution in [0.25, 0.3) is 0 Å². The van der Waals surface area contributed by atoms with Crippen molar-refractivity contribution in [2.45, 2.75) is 38.7 Å². The van der Waals surface area contributed by atoms with Gasteiger partial charge in [-0.25, -0.2) is 0 Å². The lowest BCUT2D eigenvalue weighted by molar-refractivity contribution is 0.0204. The van der Waals surface area contributed by atoms with E-state index in [0.29, 0.717) is 6.42 Å². The van der Waals surface area contributed by atoms with Crippen LogP contribution >= 0.6 is 0 Å².